The van der Waals surface area contributed by atoms with Crippen LogP contribution in [0, 0.1) is 0 Å². The van der Waals surface area contributed by atoms with Crippen LogP contribution in [0.3, 0.4) is 0 Å². The molecule has 132 valence electrons. The molecule has 1 aliphatic rings. The van der Waals surface area contributed by atoms with Crippen molar-refractivity contribution in [1.82, 2.24) is 19.6 Å². The Morgan fingerprint density at radius 1 is 1.20 bits per heavy atom. The molecule has 0 N–H and O–H groups in total. The standard InChI is InChI=1S/C19H23BrN4O/c1-2-8-22-9-3-10-23(12-11-22)19(25)17-6-4-16(5-7-17)14-24-15-18(20)13-21-24/h2,4-7,13,15H,1,3,8-12,14H2. The lowest BCUT2D eigenvalue weighted by molar-refractivity contribution is 0.0762. The van der Waals surface area contributed by atoms with Gasteiger partial charge in [0.1, 0.15) is 0 Å². The van der Waals surface area contributed by atoms with Crippen molar-refractivity contribution in [2.45, 2.75) is 13.0 Å². The Bertz CT molecular complexity index is 725. The number of nitrogens with zero attached hydrogens (tertiary/aromatic N) is 4. The van der Waals surface area contributed by atoms with Crippen LogP contribution in [0.5, 0.6) is 0 Å². The van der Waals surface area contributed by atoms with Crippen LogP contribution in [0.4, 0.5) is 0 Å². The third kappa shape index (κ3) is 4.80. The molecule has 0 unspecified atom stereocenters. The zero-order chi connectivity index (χ0) is 17.6. The number of rotatable bonds is 5. The highest BCUT2D eigenvalue weighted by Gasteiger charge is 2.19. The summed E-state index contributed by atoms with van der Waals surface area (Å²) in [5.41, 5.74) is 1.88. The molecule has 2 aromatic rings. The van der Waals surface area contributed by atoms with Gasteiger partial charge in [0.2, 0.25) is 0 Å². The van der Waals surface area contributed by atoms with E-state index in [2.05, 4.69) is 32.5 Å². The normalized spacial score (nSPS) is 15.8. The molecule has 2 heterocycles. The molecule has 0 atom stereocenters. The average Bonchev–Trinajstić information content (AvgIpc) is 2.88. The van der Waals surface area contributed by atoms with Crippen molar-refractivity contribution in [3.05, 3.63) is 64.9 Å². The Kier molecular flexibility index (Phi) is 6.04. The summed E-state index contributed by atoms with van der Waals surface area (Å²) in [7, 11) is 0. The van der Waals surface area contributed by atoms with E-state index in [1.807, 2.05) is 46.1 Å². The molecule has 0 radical (unpaired) electrons. The van der Waals surface area contributed by atoms with Gasteiger partial charge < -0.3 is 4.90 Å². The van der Waals surface area contributed by atoms with Gasteiger partial charge in [-0.15, -0.1) is 6.58 Å². The summed E-state index contributed by atoms with van der Waals surface area (Å²) in [6.45, 7) is 8.90. The number of halogens is 1. The van der Waals surface area contributed by atoms with Gasteiger partial charge in [-0.1, -0.05) is 18.2 Å². The third-order valence-corrected chi connectivity index (χ3v) is 4.82. The first-order valence-electron chi connectivity index (χ1n) is 8.55. The lowest BCUT2D eigenvalue weighted by Gasteiger charge is -2.21. The first kappa shape index (κ1) is 17.9. The molecule has 1 aromatic heterocycles. The van der Waals surface area contributed by atoms with Gasteiger partial charge in [0.15, 0.2) is 0 Å². The fourth-order valence-electron chi connectivity index (χ4n) is 3.09. The molecule has 25 heavy (non-hydrogen) atoms. The molecule has 1 aromatic carbocycles. The van der Waals surface area contributed by atoms with Gasteiger partial charge in [-0.3, -0.25) is 14.4 Å². The van der Waals surface area contributed by atoms with E-state index in [0.29, 0.717) is 6.54 Å². The maximum atomic E-state index is 12.8. The van der Waals surface area contributed by atoms with E-state index in [1.165, 1.54) is 0 Å². The zero-order valence-electron chi connectivity index (χ0n) is 14.3. The number of carbonyl (C=O) groups excluding carboxylic acids is 1. The molecule has 0 bridgehead atoms. The predicted molar refractivity (Wildman–Crippen MR) is 103 cm³/mol. The second kappa shape index (κ2) is 8.45. The van der Waals surface area contributed by atoms with Crippen LogP contribution < -0.4 is 0 Å². The number of hydrogen-bond acceptors (Lipinski definition) is 3. The molecule has 1 fully saturated rings. The van der Waals surface area contributed by atoms with Gasteiger partial charge in [-0.2, -0.15) is 5.10 Å². The van der Waals surface area contributed by atoms with E-state index >= 15 is 0 Å². The van der Waals surface area contributed by atoms with Gasteiger partial charge in [0, 0.05) is 44.5 Å². The van der Waals surface area contributed by atoms with Crippen molar-refractivity contribution >= 4 is 21.8 Å². The van der Waals surface area contributed by atoms with Gasteiger partial charge in [-0.05, 0) is 40.0 Å². The highest BCUT2D eigenvalue weighted by atomic mass is 79.9. The second-order valence-electron chi connectivity index (χ2n) is 6.29. The van der Waals surface area contributed by atoms with Crippen molar-refractivity contribution in [2.24, 2.45) is 0 Å². The summed E-state index contributed by atoms with van der Waals surface area (Å²) < 4.78 is 2.83. The smallest absolute Gasteiger partial charge is 0.253 e. The molecule has 0 spiro atoms. The Labute approximate surface area is 157 Å². The van der Waals surface area contributed by atoms with E-state index in [1.54, 1.807) is 6.20 Å². The van der Waals surface area contributed by atoms with Crippen LogP contribution in [0.15, 0.2) is 53.8 Å². The van der Waals surface area contributed by atoms with E-state index in [0.717, 1.165) is 54.7 Å². The quantitative estimate of drug-likeness (QED) is 0.721. The van der Waals surface area contributed by atoms with Crippen molar-refractivity contribution in [3.8, 4) is 0 Å². The van der Waals surface area contributed by atoms with Gasteiger partial charge in [0.25, 0.3) is 5.91 Å². The Morgan fingerprint density at radius 3 is 2.68 bits per heavy atom. The number of carbonyl (C=O) groups is 1. The van der Waals surface area contributed by atoms with Gasteiger partial charge >= 0.3 is 0 Å². The van der Waals surface area contributed by atoms with Crippen molar-refractivity contribution < 1.29 is 4.79 Å². The maximum Gasteiger partial charge on any atom is 0.253 e. The summed E-state index contributed by atoms with van der Waals surface area (Å²) in [4.78, 5) is 17.1. The minimum atomic E-state index is 0.119. The zero-order valence-corrected chi connectivity index (χ0v) is 15.9. The Balaban J connectivity index is 1.61. The molecular formula is C19H23BrN4O. The number of benzene rings is 1. The molecule has 0 aliphatic carbocycles. The SMILES string of the molecule is C=CCN1CCCN(C(=O)c2ccc(Cn3cc(Br)cn3)cc2)CC1. The van der Waals surface area contributed by atoms with Crippen LogP contribution in [0.25, 0.3) is 0 Å². The lowest BCUT2D eigenvalue weighted by atomic mass is 10.1. The first-order chi connectivity index (χ1) is 12.2. The highest BCUT2D eigenvalue weighted by molar-refractivity contribution is 9.10. The summed E-state index contributed by atoms with van der Waals surface area (Å²) in [6, 6.07) is 7.85. The molecule has 3 rings (SSSR count). The molecule has 5 nitrogen and oxygen atoms in total. The second-order valence-corrected chi connectivity index (χ2v) is 7.20. The lowest BCUT2D eigenvalue weighted by Crippen LogP contribution is -2.35. The topological polar surface area (TPSA) is 41.4 Å². The van der Waals surface area contributed by atoms with E-state index < -0.39 is 0 Å². The summed E-state index contributed by atoms with van der Waals surface area (Å²) in [5.74, 6) is 0.119. The molecule has 0 saturated carbocycles. The largest absolute Gasteiger partial charge is 0.337 e. The minimum absolute atomic E-state index is 0.119. The molecule has 1 amide bonds. The van der Waals surface area contributed by atoms with Gasteiger partial charge in [0.05, 0.1) is 17.2 Å². The molecule has 1 aliphatic heterocycles. The van der Waals surface area contributed by atoms with Crippen LogP contribution in [0.1, 0.15) is 22.3 Å². The maximum absolute atomic E-state index is 12.8. The van der Waals surface area contributed by atoms with E-state index in [-0.39, 0.29) is 5.91 Å². The fourth-order valence-corrected chi connectivity index (χ4v) is 3.41. The number of amides is 1. The Hall–Kier alpha value is -1.92. The average molecular weight is 403 g/mol. The van der Waals surface area contributed by atoms with Gasteiger partial charge in [-0.25, -0.2) is 0 Å². The number of aromatic nitrogens is 2. The third-order valence-electron chi connectivity index (χ3n) is 4.41. The highest BCUT2D eigenvalue weighted by Crippen LogP contribution is 2.13. The van der Waals surface area contributed by atoms with Crippen LogP contribution >= 0.6 is 15.9 Å². The monoisotopic (exact) mass is 402 g/mol. The first-order valence-corrected chi connectivity index (χ1v) is 9.34. The summed E-state index contributed by atoms with van der Waals surface area (Å²) in [6.07, 6.45) is 6.64. The molecule has 1 saturated heterocycles. The van der Waals surface area contributed by atoms with Crippen molar-refractivity contribution in [2.75, 3.05) is 32.7 Å². The van der Waals surface area contributed by atoms with Crippen LogP contribution in [0.2, 0.25) is 0 Å². The molecule has 6 heteroatoms. The summed E-state index contributed by atoms with van der Waals surface area (Å²) >= 11 is 3.40. The van der Waals surface area contributed by atoms with E-state index in [4.69, 9.17) is 0 Å². The predicted octanol–water partition coefficient (Wildman–Crippen LogP) is 3.03. The Morgan fingerprint density at radius 2 is 2.00 bits per heavy atom. The summed E-state index contributed by atoms with van der Waals surface area (Å²) in [5, 5.41) is 4.26. The fraction of sp³-hybridized carbons (Fsp3) is 0.368. The van der Waals surface area contributed by atoms with Crippen molar-refractivity contribution in [3.63, 3.8) is 0 Å². The van der Waals surface area contributed by atoms with Crippen LogP contribution in [-0.2, 0) is 6.54 Å². The van der Waals surface area contributed by atoms with E-state index in [9.17, 15) is 4.79 Å². The molecular weight excluding hydrogens is 380 g/mol. The van der Waals surface area contributed by atoms with Crippen molar-refractivity contribution in [1.29, 1.82) is 0 Å². The van der Waals surface area contributed by atoms with Crippen LogP contribution in [-0.4, -0.2) is 58.2 Å². The minimum Gasteiger partial charge on any atom is -0.337 e. The number of hydrogen-bond donors (Lipinski definition) is 0.